The number of carboxylic acids is 1. The molecule has 0 radical (unpaired) electrons. The Bertz CT molecular complexity index is 346. The van der Waals surface area contributed by atoms with Crippen LogP contribution in [0.4, 0.5) is 13.6 Å². The zero-order chi connectivity index (χ0) is 15.1. The monoisotopic (exact) mass is 312 g/mol. The van der Waals surface area contributed by atoms with Crippen molar-refractivity contribution in [2.24, 2.45) is 0 Å². The summed E-state index contributed by atoms with van der Waals surface area (Å²) in [4.78, 5) is 24.3. The minimum absolute atomic E-state index is 0.0361. The molecule has 2 amide bonds. The number of ether oxygens (including phenoxy) is 1. The third-order valence-electron chi connectivity index (χ3n) is 2.73. The van der Waals surface area contributed by atoms with Crippen molar-refractivity contribution in [3.63, 3.8) is 0 Å². The number of halogens is 2. The molecule has 20 heavy (non-hydrogen) atoms. The Kier molecular flexibility index (Phi) is 7.00. The fourth-order valence-corrected chi connectivity index (χ4v) is 3.18. The number of hydrogen-bond acceptors (Lipinski definition) is 4. The van der Waals surface area contributed by atoms with Gasteiger partial charge >= 0.3 is 12.0 Å². The highest BCUT2D eigenvalue weighted by molar-refractivity contribution is 8.00. The van der Waals surface area contributed by atoms with Crippen LogP contribution in [0.3, 0.4) is 0 Å². The van der Waals surface area contributed by atoms with E-state index in [9.17, 15) is 18.4 Å². The molecule has 2 unspecified atom stereocenters. The lowest BCUT2D eigenvalue weighted by Crippen LogP contribution is -2.50. The molecule has 1 heterocycles. The van der Waals surface area contributed by atoms with E-state index in [0.29, 0.717) is 12.2 Å². The molecule has 1 fully saturated rings. The summed E-state index contributed by atoms with van der Waals surface area (Å²) < 4.78 is 28.3. The van der Waals surface area contributed by atoms with E-state index < -0.39 is 31.1 Å². The zero-order valence-electron chi connectivity index (χ0n) is 11.1. The molecule has 1 saturated heterocycles. The summed E-state index contributed by atoms with van der Waals surface area (Å²) in [5, 5.41) is 11.4. The minimum Gasteiger partial charge on any atom is -0.480 e. The van der Waals surface area contributed by atoms with E-state index in [1.165, 1.54) is 16.7 Å². The van der Waals surface area contributed by atoms with Crippen molar-refractivity contribution in [3.8, 4) is 0 Å². The highest BCUT2D eigenvalue weighted by Gasteiger charge is 2.40. The van der Waals surface area contributed by atoms with E-state index in [0.717, 1.165) is 0 Å². The third-order valence-corrected chi connectivity index (χ3v) is 4.18. The van der Waals surface area contributed by atoms with Crippen molar-refractivity contribution in [2.75, 3.05) is 25.5 Å². The van der Waals surface area contributed by atoms with Crippen LogP contribution in [0.25, 0.3) is 0 Å². The van der Waals surface area contributed by atoms with E-state index in [2.05, 4.69) is 10.1 Å². The van der Waals surface area contributed by atoms with Crippen LogP contribution >= 0.6 is 11.8 Å². The largest absolute Gasteiger partial charge is 0.480 e. The lowest BCUT2D eigenvalue weighted by atomic mass is 10.3. The fraction of sp³-hybridized carbons (Fsp3) is 0.818. The van der Waals surface area contributed by atoms with Gasteiger partial charge in [0.25, 0.3) is 6.43 Å². The fourth-order valence-electron chi connectivity index (χ4n) is 1.83. The van der Waals surface area contributed by atoms with Gasteiger partial charge in [0.15, 0.2) is 0 Å². The van der Waals surface area contributed by atoms with Crippen LogP contribution in [0.5, 0.6) is 0 Å². The number of carbonyl (C=O) groups is 2. The van der Waals surface area contributed by atoms with Gasteiger partial charge in [-0.15, -0.1) is 11.8 Å². The van der Waals surface area contributed by atoms with Crippen molar-refractivity contribution < 1.29 is 28.2 Å². The molecule has 1 aliphatic rings. The molecule has 2 N–H and O–H groups in total. The average molecular weight is 312 g/mol. The topological polar surface area (TPSA) is 78.9 Å². The van der Waals surface area contributed by atoms with Crippen molar-refractivity contribution in [2.45, 2.75) is 31.2 Å². The smallest absolute Gasteiger partial charge is 0.327 e. The number of amides is 2. The van der Waals surface area contributed by atoms with Gasteiger partial charge in [-0.3, -0.25) is 4.90 Å². The number of hydrogen-bond donors (Lipinski definition) is 2. The predicted molar refractivity (Wildman–Crippen MR) is 70.0 cm³/mol. The maximum Gasteiger partial charge on any atom is 0.327 e. The quantitative estimate of drug-likeness (QED) is 0.691. The maximum atomic E-state index is 12.0. The summed E-state index contributed by atoms with van der Waals surface area (Å²) in [5.41, 5.74) is 0. The van der Waals surface area contributed by atoms with E-state index in [1.807, 2.05) is 6.92 Å². The first-order valence-electron chi connectivity index (χ1n) is 6.23. The Morgan fingerprint density at radius 3 is 2.80 bits per heavy atom. The molecule has 9 heteroatoms. The van der Waals surface area contributed by atoms with Crippen molar-refractivity contribution in [3.05, 3.63) is 0 Å². The molecule has 2 atom stereocenters. The number of thioether (sulfide) groups is 1. The molecular weight excluding hydrogens is 294 g/mol. The second-order valence-corrected chi connectivity index (χ2v) is 5.37. The van der Waals surface area contributed by atoms with Gasteiger partial charge < -0.3 is 15.2 Å². The Balaban J connectivity index is 2.41. The predicted octanol–water partition coefficient (Wildman–Crippen LogP) is 1.22. The van der Waals surface area contributed by atoms with E-state index >= 15 is 0 Å². The lowest BCUT2D eigenvalue weighted by molar-refractivity contribution is -0.141. The van der Waals surface area contributed by atoms with Crippen LogP contribution in [-0.2, 0) is 9.53 Å². The molecule has 116 valence electrons. The highest BCUT2D eigenvalue weighted by Crippen LogP contribution is 2.31. The van der Waals surface area contributed by atoms with Gasteiger partial charge in [0, 0.05) is 12.3 Å². The van der Waals surface area contributed by atoms with Gasteiger partial charge in [-0.05, 0) is 6.42 Å². The minimum atomic E-state index is -2.54. The number of rotatable bonds is 7. The number of urea groups is 1. The van der Waals surface area contributed by atoms with Crippen molar-refractivity contribution >= 4 is 23.8 Å². The summed E-state index contributed by atoms with van der Waals surface area (Å²) in [6.07, 6.45) is -1.90. The molecule has 1 aliphatic heterocycles. The average Bonchev–Trinajstić information content (AvgIpc) is 2.81. The van der Waals surface area contributed by atoms with Crippen LogP contribution in [0.15, 0.2) is 0 Å². The lowest BCUT2D eigenvalue weighted by Gasteiger charge is -2.26. The number of aliphatic carboxylic acids is 1. The van der Waals surface area contributed by atoms with Crippen molar-refractivity contribution in [1.29, 1.82) is 0 Å². The molecule has 0 aromatic rings. The summed E-state index contributed by atoms with van der Waals surface area (Å²) in [5.74, 6) is -0.694. The molecule has 1 rings (SSSR count). The van der Waals surface area contributed by atoms with Gasteiger partial charge in [-0.25, -0.2) is 18.4 Å². The van der Waals surface area contributed by atoms with E-state index in [4.69, 9.17) is 5.11 Å². The Morgan fingerprint density at radius 2 is 2.25 bits per heavy atom. The van der Waals surface area contributed by atoms with Crippen LogP contribution in [0.1, 0.15) is 13.3 Å². The van der Waals surface area contributed by atoms with E-state index in [-0.39, 0.29) is 18.5 Å². The highest BCUT2D eigenvalue weighted by atomic mass is 32.2. The molecule has 0 spiro atoms. The summed E-state index contributed by atoms with van der Waals surface area (Å²) >= 11 is 1.42. The van der Waals surface area contributed by atoms with Crippen LogP contribution in [-0.4, -0.2) is 65.4 Å². The number of nitrogens with one attached hydrogen (secondary N) is 1. The maximum absolute atomic E-state index is 12.0. The van der Waals surface area contributed by atoms with Gasteiger partial charge in [-0.1, -0.05) is 6.92 Å². The van der Waals surface area contributed by atoms with Gasteiger partial charge in [0.05, 0.1) is 12.0 Å². The third kappa shape index (κ3) is 4.78. The van der Waals surface area contributed by atoms with E-state index in [1.54, 1.807) is 0 Å². The number of alkyl halides is 2. The molecular formula is C11H18F2N2O4S. The number of carbonyl (C=O) groups excluding carboxylic acids is 1. The standard InChI is InChI=1S/C11H18F2N2O4S/c1-2-9-15(7(6-20-9)10(16)17)11(18)14-3-4-19-5-8(12)13/h7-9H,2-6H2,1H3,(H,14,18)(H,16,17). The van der Waals surface area contributed by atoms with Gasteiger partial charge in [0.2, 0.25) is 0 Å². The summed E-state index contributed by atoms with van der Waals surface area (Å²) in [6, 6.07) is -1.36. The first-order chi connectivity index (χ1) is 9.47. The first-order valence-corrected chi connectivity index (χ1v) is 7.28. The van der Waals surface area contributed by atoms with Gasteiger partial charge in [0.1, 0.15) is 12.6 Å². The summed E-state index contributed by atoms with van der Waals surface area (Å²) in [6.45, 7) is 1.22. The Hall–Kier alpha value is -1.09. The van der Waals surface area contributed by atoms with Crippen LogP contribution in [0, 0.1) is 0 Å². The van der Waals surface area contributed by atoms with Crippen LogP contribution < -0.4 is 5.32 Å². The second kappa shape index (κ2) is 8.25. The molecule has 0 aromatic carbocycles. The normalized spacial score (nSPS) is 22.3. The first kappa shape index (κ1) is 17.0. The molecule has 0 bridgehead atoms. The number of carboxylic acid groups (broad SMARTS) is 1. The Morgan fingerprint density at radius 1 is 1.55 bits per heavy atom. The van der Waals surface area contributed by atoms with Crippen LogP contribution in [0.2, 0.25) is 0 Å². The SMILES string of the molecule is CCC1SCC(C(=O)O)N1C(=O)NCCOCC(F)F. The van der Waals surface area contributed by atoms with Gasteiger partial charge in [-0.2, -0.15) is 0 Å². The second-order valence-electron chi connectivity index (χ2n) is 4.16. The molecule has 0 saturated carbocycles. The molecule has 6 nitrogen and oxygen atoms in total. The summed E-state index contributed by atoms with van der Waals surface area (Å²) in [7, 11) is 0. The zero-order valence-corrected chi connectivity index (χ0v) is 11.9. The molecule has 0 aromatic heterocycles. The molecule has 0 aliphatic carbocycles. The van der Waals surface area contributed by atoms with Crippen molar-refractivity contribution in [1.82, 2.24) is 10.2 Å². The Labute approximate surface area is 119 Å². The number of nitrogens with zero attached hydrogens (tertiary/aromatic N) is 1.